The third kappa shape index (κ3) is 3.95. The molecular formula is C23H24O4. The van der Waals surface area contributed by atoms with Gasteiger partial charge in [0.1, 0.15) is 5.58 Å². The maximum absolute atomic E-state index is 12.5. The maximum Gasteiger partial charge on any atom is 0.311 e. The molecule has 0 radical (unpaired) electrons. The Morgan fingerprint density at radius 3 is 2.33 bits per heavy atom. The average Bonchev–Trinajstić information content (AvgIpc) is 2.98. The summed E-state index contributed by atoms with van der Waals surface area (Å²) in [5.41, 5.74) is 6.50. The SMILES string of the molecule is Cc1ccc(C(=O)[C@H](C)OC(=O)Cc2coc3cc(C)c(C)cc23)cc1C. The first-order chi connectivity index (χ1) is 12.8. The highest BCUT2D eigenvalue weighted by Crippen LogP contribution is 2.25. The summed E-state index contributed by atoms with van der Waals surface area (Å²) in [5, 5.41) is 0.906. The lowest BCUT2D eigenvalue weighted by atomic mass is 10.0. The molecule has 0 spiro atoms. The number of esters is 1. The van der Waals surface area contributed by atoms with Crippen molar-refractivity contribution in [2.75, 3.05) is 0 Å². The van der Waals surface area contributed by atoms with Crippen molar-refractivity contribution < 1.29 is 18.7 Å². The van der Waals surface area contributed by atoms with Gasteiger partial charge in [-0.3, -0.25) is 9.59 Å². The summed E-state index contributed by atoms with van der Waals surface area (Å²) in [7, 11) is 0. The fraction of sp³-hybridized carbons (Fsp3) is 0.304. The van der Waals surface area contributed by atoms with Crippen molar-refractivity contribution >= 4 is 22.7 Å². The molecule has 0 fully saturated rings. The fourth-order valence-corrected chi connectivity index (χ4v) is 3.05. The molecule has 140 valence electrons. The summed E-state index contributed by atoms with van der Waals surface area (Å²) in [4.78, 5) is 24.9. The molecule has 0 aliphatic carbocycles. The number of furan rings is 1. The molecule has 0 saturated heterocycles. The van der Waals surface area contributed by atoms with Gasteiger partial charge in [-0.2, -0.15) is 0 Å². The Balaban J connectivity index is 1.71. The van der Waals surface area contributed by atoms with Gasteiger partial charge in [-0.25, -0.2) is 0 Å². The van der Waals surface area contributed by atoms with Crippen LogP contribution in [0, 0.1) is 27.7 Å². The highest BCUT2D eigenvalue weighted by Gasteiger charge is 2.21. The molecule has 0 bridgehead atoms. The van der Waals surface area contributed by atoms with Crippen LogP contribution < -0.4 is 0 Å². The van der Waals surface area contributed by atoms with Crippen LogP contribution in [0.5, 0.6) is 0 Å². The van der Waals surface area contributed by atoms with Gasteiger partial charge in [-0.1, -0.05) is 12.1 Å². The molecule has 1 aromatic heterocycles. The van der Waals surface area contributed by atoms with Gasteiger partial charge in [-0.15, -0.1) is 0 Å². The standard InChI is InChI=1S/C23H24O4/c1-13-6-7-18(8-14(13)2)23(25)17(5)27-22(24)11-19-12-26-21-10-16(4)15(3)9-20(19)21/h6-10,12,17H,11H2,1-5H3/t17-/m0/s1. The summed E-state index contributed by atoms with van der Waals surface area (Å²) >= 11 is 0. The van der Waals surface area contributed by atoms with E-state index in [-0.39, 0.29) is 12.2 Å². The quantitative estimate of drug-likeness (QED) is 0.471. The number of fused-ring (bicyclic) bond motifs is 1. The lowest BCUT2D eigenvalue weighted by Gasteiger charge is -2.13. The Morgan fingerprint density at radius 2 is 1.63 bits per heavy atom. The van der Waals surface area contributed by atoms with Gasteiger partial charge >= 0.3 is 5.97 Å². The summed E-state index contributed by atoms with van der Waals surface area (Å²) in [6.07, 6.45) is 0.822. The lowest BCUT2D eigenvalue weighted by Crippen LogP contribution is -2.25. The number of ketones is 1. The minimum atomic E-state index is -0.832. The molecule has 0 N–H and O–H groups in total. The summed E-state index contributed by atoms with van der Waals surface area (Å²) in [5.74, 6) is -0.643. The number of aryl methyl sites for hydroxylation is 4. The normalized spacial score (nSPS) is 12.2. The smallest absolute Gasteiger partial charge is 0.311 e. The first-order valence-electron chi connectivity index (χ1n) is 9.04. The van der Waals surface area contributed by atoms with E-state index in [0.29, 0.717) is 5.56 Å². The highest BCUT2D eigenvalue weighted by atomic mass is 16.5. The van der Waals surface area contributed by atoms with E-state index in [4.69, 9.17) is 9.15 Å². The minimum absolute atomic E-state index is 0.0695. The van der Waals surface area contributed by atoms with E-state index < -0.39 is 12.1 Å². The number of rotatable bonds is 5. The van der Waals surface area contributed by atoms with Crippen LogP contribution in [-0.2, 0) is 16.0 Å². The van der Waals surface area contributed by atoms with Gasteiger partial charge in [0.2, 0.25) is 5.78 Å². The van der Waals surface area contributed by atoms with Crippen molar-refractivity contribution in [2.24, 2.45) is 0 Å². The Kier molecular flexibility index (Phi) is 5.17. The Morgan fingerprint density at radius 1 is 0.963 bits per heavy atom. The van der Waals surface area contributed by atoms with Crippen LogP contribution in [0.3, 0.4) is 0 Å². The predicted molar refractivity (Wildman–Crippen MR) is 105 cm³/mol. The Hall–Kier alpha value is -2.88. The third-order valence-electron chi connectivity index (χ3n) is 5.07. The number of carbonyl (C=O) groups excluding carboxylic acids is 2. The molecule has 4 heteroatoms. The zero-order valence-corrected chi connectivity index (χ0v) is 16.4. The largest absolute Gasteiger partial charge is 0.464 e. The van der Waals surface area contributed by atoms with Crippen molar-refractivity contribution in [1.82, 2.24) is 0 Å². The minimum Gasteiger partial charge on any atom is -0.464 e. The van der Waals surface area contributed by atoms with Crippen LogP contribution in [0.25, 0.3) is 11.0 Å². The van der Waals surface area contributed by atoms with Crippen LogP contribution in [0.1, 0.15) is 45.1 Å². The lowest BCUT2D eigenvalue weighted by molar-refractivity contribution is -0.145. The number of carbonyl (C=O) groups is 2. The van der Waals surface area contributed by atoms with Crippen molar-refractivity contribution in [2.45, 2.75) is 47.1 Å². The first-order valence-corrected chi connectivity index (χ1v) is 9.04. The van der Waals surface area contributed by atoms with Crippen LogP contribution >= 0.6 is 0 Å². The highest BCUT2D eigenvalue weighted by molar-refractivity contribution is 6.00. The van der Waals surface area contributed by atoms with Crippen LogP contribution in [0.15, 0.2) is 41.0 Å². The Labute approximate surface area is 159 Å². The second-order valence-corrected chi connectivity index (χ2v) is 7.17. The van der Waals surface area contributed by atoms with Gasteiger partial charge in [0, 0.05) is 16.5 Å². The monoisotopic (exact) mass is 364 g/mol. The van der Waals surface area contributed by atoms with E-state index in [9.17, 15) is 9.59 Å². The summed E-state index contributed by atoms with van der Waals surface area (Å²) in [6, 6.07) is 9.48. The molecule has 0 unspecified atom stereocenters. The van der Waals surface area contributed by atoms with E-state index in [2.05, 4.69) is 0 Å². The van der Waals surface area contributed by atoms with E-state index >= 15 is 0 Å². The van der Waals surface area contributed by atoms with Crippen molar-refractivity contribution in [3.8, 4) is 0 Å². The molecule has 1 heterocycles. The molecule has 0 saturated carbocycles. The molecule has 0 aliphatic heterocycles. The molecule has 3 rings (SSSR count). The molecule has 1 atom stereocenters. The topological polar surface area (TPSA) is 56.5 Å². The Bertz CT molecular complexity index is 1030. The van der Waals surface area contributed by atoms with Gasteiger partial charge in [0.25, 0.3) is 0 Å². The molecule has 4 nitrogen and oxygen atoms in total. The van der Waals surface area contributed by atoms with Gasteiger partial charge in [0.15, 0.2) is 6.10 Å². The third-order valence-corrected chi connectivity index (χ3v) is 5.07. The van der Waals surface area contributed by atoms with Crippen molar-refractivity contribution in [3.63, 3.8) is 0 Å². The first kappa shape index (κ1) is 18.9. The number of benzene rings is 2. The second-order valence-electron chi connectivity index (χ2n) is 7.17. The molecule has 27 heavy (non-hydrogen) atoms. The summed E-state index contributed by atoms with van der Waals surface area (Å²) in [6.45, 7) is 9.60. The number of ether oxygens (including phenoxy) is 1. The summed E-state index contributed by atoms with van der Waals surface area (Å²) < 4.78 is 10.9. The van der Waals surface area contributed by atoms with Crippen LogP contribution in [0.2, 0.25) is 0 Å². The van der Waals surface area contributed by atoms with Crippen LogP contribution in [-0.4, -0.2) is 17.9 Å². The van der Waals surface area contributed by atoms with E-state index in [1.165, 1.54) is 0 Å². The van der Waals surface area contributed by atoms with Crippen molar-refractivity contribution in [1.29, 1.82) is 0 Å². The number of hydrogen-bond acceptors (Lipinski definition) is 4. The molecule has 2 aromatic carbocycles. The number of Topliss-reactive ketones (excluding diaryl/α,β-unsaturated/α-hetero) is 1. The predicted octanol–water partition coefficient (Wildman–Crippen LogP) is 5.02. The molecule has 0 amide bonds. The van der Waals surface area contributed by atoms with Gasteiger partial charge < -0.3 is 9.15 Å². The second kappa shape index (κ2) is 7.39. The van der Waals surface area contributed by atoms with Crippen LogP contribution in [0.4, 0.5) is 0 Å². The van der Waals surface area contributed by atoms with E-state index in [1.54, 1.807) is 19.3 Å². The molecule has 0 aliphatic rings. The maximum atomic E-state index is 12.5. The molecule has 3 aromatic rings. The van der Waals surface area contributed by atoms with E-state index in [1.807, 2.05) is 52.0 Å². The zero-order chi connectivity index (χ0) is 19.7. The van der Waals surface area contributed by atoms with Gasteiger partial charge in [-0.05, 0) is 75.1 Å². The number of hydrogen-bond donors (Lipinski definition) is 0. The van der Waals surface area contributed by atoms with Gasteiger partial charge in [0.05, 0.1) is 12.7 Å². The zero-order valence-electron chi connectivity index (χ0n) is 16.4. The fourth-order valence-electron chi connectivity index (χ4n) is 3.05. The van der Waals surface area contributed by atoms with Crippen molar-refractivity contribution in [3.05, 3.63) is 70.0 Å². The van der Waals surface area contributed by atoms with E-state index in [0.717, 1.165) is 38.8 Å². The molecular weight excluding hydrogens is 340 g/mol. The average molecular weight is 364 g/mol.